The molecule has 0 unspecified atom stereocenters. The van der Waals surface area contributed by atoms with Gasteiger partial charge in [0.15, 0.2) is 0 Å². The fourth-order valence-electron chi connectivity index (χ4n) is 2.67. The Morgan fingerprint density at radius 1 is 1.50 bits per heavy atom. The van der Waals surface area contributed by atoms with Gasteiger partial charge in [0.25, 0.3) is 0 Å². The zero-order valence-electron chi connectivity index (χ0n) is 7.22. The zero-order chi connectivity index (χ0) is 7.35. The average molecular weight is 139 g/mol. The third-order valence-corrected chi connectivity index (χ3v) is 3.53. The molecule has 1 saturated carbocycles. The minimum Gasteiger partial charge on any atom is -0.305 e. The van der Waals surface area contributed by atoms with Gasteiger partial charge in [-0.2, -0.15) is 0 Å². The lowest BCUT2D eigenvalue weighted by atomic mass is 9.92. The number of hydrogen-bond acceptors (Lipinski definition) is 1. The van der Waals surface area contributed by atoms with Crippen LogP contribution in [0.5, 0.6) is 0 Å². The minimum absolute atomic E-state index is 0.759. The van der Waals surface area contributed by atoms with Crippen LogP contribution in [0.1, 0.15) is 20.3 Å². The van der Waals surface area contributed by atoms with Gasteiger partial charge in [-0.3, -0.25) is 0 Å². The lowest BCUT2D eigenvalue weighted by Crippen LogP contribution is -2.22. The van der Waals surface area contributed by atoms with Crippen molar-refractivity contribution in [2.75, 3.05) is 20.1 Å². The standard InChI is InChI=1S/C9H17N/c1-7(2)9-4-8(9)5-10(3)6-9/h7-8H,4-6H2,1-3H3/t8-,9+/m0/s1. The molecule has 0 aromatic carbocycles. The fraction of sp³-hybridized carbons (Fsp3) is 1.00. The van der Waals surface area contributed by atoms with Gasteiger partial charge in [0.2, 0.25) is 0 Å². The fourth-order valence-corrected chi connectivity index (χ4v) is 2.67. The van der Waals surface area contributed by atoms with E-state index in [1.807, 2.05) is 0 Å². The molecule has 0 aromatic rings. The number of fused-ring (bicyclic) bond motifs is 1. The maximum atomic E-state index is 2.48. The highest BCUT2D eigenvalue weighted by molar-refractivity contribution is 5.10. The second-order valence-electron chi connectivity index (χ2n) is 4.49. The Kier molecular flexibility index (Phi) is 1.17. The van der Waals surface area contributed by atoms with Crippen molar-refractivity contribution in [1.82, 2.24) is 4.90 Å². The molecule has 0 aromatic heterocycles. The third kappa shape index (κ3) is 0.672. The van der Waals surface area contributed by atoms with E-state index in [0.717, 1.165) is 17.3 Å². The molecule has 1 saturated heterocycles. The molecule has 1 nitrogen and oxygen atoms in total. The maximum Gasteiger partial charge on any atom is 0.00407 e. The summed E-state index contributed by atoms with van der Waals surface area (Å²) in [7, 11) is 2.25. The van der Waals surface area contributed by atoms with Gasteiger partial charge < -0.3 is 4.90 Å². The molecule has 0 spiro atoms. The summed E-state index contributed by atoms with van der Waals surface area (Å²) in [6.07, 6.45) is 1.51. The van der Waals surface area contributed by atoms with E-state index in [4.69, 9.17) is 0 Å². The molecular formula is C9H17N. The average Bonchev–Trinajstić information content (AvgIpc) is 2.37. The lowest BCUT2D eigenvalue weighted by Gasteiger charge is -2.19. The van der Waals surface area contributed by atoms with Crippen LogP contribution in [-0.4, -0.2) is 25.0 Å². The Balaban J connectivity index is 2.08. The quantitative estimate of drug-likeness (QED) is 0.533. The highest BCUT2D eigenvalue weighted by atomic mass is 15.2. The second kappa shape index (κ2) is 1.76. The summed E-state index contributed by atoms with van der Waals surface area (Å²) in [5.74, 6) is 1.96. The first-order valence-corrected chi connectivity index (χ1v) is 4.34. The number of rotatable bonds is 1. The largest absolute Gasteiger partial charge is 0.305 e. The smallest absolute Gasteiger partial charge is 0.00407 e. The summed E-state index contributed by atoms with van der Waals surface area (Å²) in [6.45, 7) is 7.46. The first-order valence-electron chi connectivity index (χ1n) is 4.34. The van der Waals surface area contributed by atoms with Crippen molar-refractivity contribution in [2.45, 2.75) is 20.3 Å². The lowest BCUT2D eigenvalue weighted by molar-refractivity contribution is 0.286. The normalized spacial score (nSPS) is 46.2. The molecule has 2 atom stereocenters. The van der Waals surface area contributed by atoms with Crippen molar-refractivity contribution in [3.63, 3.8) is 0 Å². The molecule has 0 N–H and O–H groups in total. The van der Waals surface area contributed by atoms with Gasteiger partial charge in [-0.15, -0.1) is 0 Å². The molecule has 58 valence electrons. The summed E-state index contributed by atoms with van der Waals surface area (Å²) >= 11 is 0. The molecule has 0 amide bonds. The second-order valence-corrected chi connectivity index (χ2v) is 4.49. The van der Waals surface area contributed by atoms with Crippen LogP contribution < -0.4 is 0 Å². The molecule has 2 aliphatic rings. The molecule has 0 bridgehead atoms. The van der Waals surface area contributed by atoms with Crippen LogP contribution in [0.2, 0.25) is 0 Å². The first kappa shape index (κ1) is 6.66. The van der Waals surface area contributed by atoms with E-state index in [1.54, 1.807) is 0 Å². The highest BCUT2D eigenvalue weighted by Crippen LogP contribution is 2.61. The van der Waals surface area contributed by atoms with Gasteiger partial charge in [-0.1, -0.05) is 13.8 Å². The molecule has 1 heterocycles. The van der Waals surface area contributed by atoms with Gasteiger partial charge >= 0.3 is 0 Å². The Morgan fingerprint density at radius 2 is 2.20 bits per heavy atom. The topological polar surface area (TPSA) is 3.24 Å². The van der Waals surface area contributed by atoms with E-state index in [0.29, 0.717) is 0 Å². The van der Waals surface area contributed by atoms with Crippen LogP contribution >= 0.6 is 0 Å². The van der Waals surface area contributed by atoms with Crippen LogP contribution in [0.25, 0.3) is 0 Å². The van der Waals surface area contributed by atoms with E-state index in [1.165, 1.54) is 19.5 Å². The van der Waals surface area contributed by atoms with Crippen LogP contribution in [-0.2, 0) is 0 Å². The van der Waals surface area contributed by atoms with E-state index >= 15 is 0 Å². The summed E-state index contributed by atoms with van der Waals surface area (Å²) in [5.41, 5.74) is 0.759. The Labute approximate surface area is 63.4 Å². The van der Waals surface area contributed by atoms with Crippen molar-refractivity contribution >= 4 is 0 Å². The number of piperidine rings is 1. The molecule has 1 aliphatic carbocycles. The Bertz CT molecular complexity index is 153. The van der Waals surface area contributed by atoms with E-state index in [9.17, 15) is 0 Å². The number of hydrogen-bond donors (Lipinski definition) is 0. The zero-order valence-corrected chi connectivity index (χ0v) is 7.22. The van der Waals surface area contributed by atoms with Crippen molar-refractivity contribution in [3.05, 3.63) is 0 Å². The van der Waals surface area contributed by atoms with Crippen LogP contribution in [0.3, 0.4) is 0 Å². The maximum absolute atomic E-state index is 2.48. The van der Waals surface area contributed by atoms with Crippen LogP contribution in [0.15, 0.2) is 0 Å². The van der Waals surface area contributed by atoms with Gasteiger partial charge in [-0.25, -0.2) is 0 Å². The number of likely N-dealkylation sites (tertiary alicyclic amines) is 1. The molecule has 0 radical (unpaired) electrons. The van der Waals surface area contributed by atoms with Crippen molar-refractivity contribution in [1.29, 1.82) is 0 Å². The summed E-state index contributed by atoms with van der Waals surface area (Å²) < 4.78 is 0. The predicted molar refractivity (Wildman–Crippen MR) is 42.9 cm³/mol. The molecule has 2 rings (SSSR count). The van der Waals surface area contributed by atoms with Gasteiger partial charge in [0.05, 0.1) is 0 Å². The van der Waals surface area contributed by atoms with Crippen LogP contribution in [0, 0.1) is 17.3 Å². The van der Waals surface area contributed by atoms with Crippen LogP contribution in [0.4, 0.5) is 0 Å². The van der Waals surface area contributed by atoms with Gasteiger partial charge in [0, 0.05) is 13.1 Å². The van der Waals surface area contributed by atoms with Crippen molar-refractivity contribution in [2.24, 2.45) is 17.3 Å². The molecule has 2 fully saturated rings. The number of nitrogens with zero attached hydrogens (tertiary/aromatic N) is 1. The van der Waals surface area contributed by atoms with Gasteiger partial charge in [0.1, 0.15) is 0 Å². The van der Waals surface area contributed by atoms with Crippen molar-refractivity contribution in [3.8, 4) is 0 Å². The summed E-state index contributed by atoms with van der Waals surface area (Å²) in [4.78, 5) is 2.48. The minimum atomic E-state index is 0.759. The molecule has 1 aliphatic heterocycles. The van der Waals surface area contributed by atoms with Gasteiger partial charge in [-0.05, 0) is 30.7 Å². The molecule has 1 heteroatoms. The SMILES string of the molecule is CC(C)[C@]12C[C@H]1CN(C)C2. The van der Waals surface area contributed by atoms with E-state index < -0.39 is 0 Å². The summed E-state index contributed by atoms with van der Waals surface area (Å²) in [5, 5.41) is 0. The summed E-state index contributed by atoms with van der Waals surface area (Å²) in [6, 6.07) is 0. The van der Waals surface area contributed by atoms with E-state index in [2.05, 4.69) is 25.8 Å². The third-order valence-electron chi connectivity index (χ3n) is 3.53. The Hall–Kier alpha value is -0.0400. The predicted octanol–water partition coefficient (Wildman–Crippen LogP) is 1.59. The monoisotopic (exact) mass is 139 g/mol. The highest BCUT2D eigenvalue weighted by Gasteiger charge is 2.60. The Morgan fingerprint density at radius 3 is 2.50 bits per heavy atom. The van der Waals surface area contributed by atoms with Crippen molar-refractivity contribution < 1.29 is 0 Å². The van der Waals surface area contributed by atoms with E-state index in [-0.39, 0.29) is 0 Å². The first-order chi connectivity index (χ1) is 4.65. The molecular weight excluding hydrogens is 122 g/mol. The molecule has 10 heavy (non-hydrogen) atoms.